The lowest BCUT2D eigenvalue weighted by Gasteiger charge is -2.04. The fourth-order valence-electron chi connectivity index (χ4n) is 1.92. The first-order chi connectivity index (χ1) is 11.3. The summed E-state index contributed by atoms with van der Waals surface area (Å²) >= 11 is 1.16. The summed E-state index contributed by atoms with van der Waals surface area (Å²) in [6.07, 6.45) is 1.32. The molecule has 0 amide bonds. The molecule has 0 aliphatic rings. The lowest BCUT2D eigenvalue weighted by Crippen LogP contribution is -1.96. The van der Waals surface area contributed by atoms with Gasteiger partial charge >= 0.3 is 5.69 Å². The lowest BCUT2D eigenvalue weighted by molar-refractivity contribution is -0.386. The van der Waals surface area contributed by atoms with Gasteiger partial charge in [0.15, 0.2) is 11.5 Å². The fraction of sp³-hybridized carbons (Fsp3) is 0.214. The third kappa shape index (κ3) is 3.66. The number of rotatable bonds is 6. The number of phenolic OH excluding ortho intramolecular Hbond substituents is 1. The number of methoxy groups -OCH3 is 1. The SMILES string of the molecule is COc1cc(/C=N/Nc2nc(C)c(C(C)=O)s2)cc([N+](=O)[O-])c1O. The number of anilines is 1. The third-order valence-electron chi connectivity index (χ3n) is 2.98. The molecule has 10 heteroatoms. The highest BCUT2D eigenvalue weighted by atomic mass is 32.1. The number of ether oxygens (including phenoxy) is 1. The van der Waals surface area contributed by atoms with Crippen molar-refractivity contribution in [1.29, 1.82) is 0 Å². The Morgan fingerprint density at radius 1 is 1.54 bits per heavy atom. The van der Waals surface area contributed by atoms with Crippen molar-refractivity contribution in [3.05, 3.63) is 38.4 Å². The Morgan fingerprint density at radius 2 is 2.25 bits per heavy atom. The molecule has 1 aromatic heterocycles. The van der Waals surface area contributed by atoms with Crippen molar-refractivity contribution in [3.63, 3.8) is 0 Å². The number of nitro benzene ring substituents is 1. The maximum absolute atomic E-state index is 11.4. The van der Waals surface area contributed by atoms with Crippen LogP contribution in [0.15, 0.2) is 17.2 Å². The summed E-state index contributed by atoms with van der Waals surface area (Å²) in [6.45, 7) is 3.17. The van der Waals surface area contributed by atoms with Gasteiger partial charge in [-0.1, -0.05) is 11.3 Å². The topological polar surface area (TPSA) is 127 Å². The van der Waals surface area contributed by atoms with E-state index in [9.17, 15) is 20.0 Å². The molecule has 0 aliphatic heterocycles. The van der Waals surface area contributed by atoms with Gasteiger partial charge in [-0.15, -0.1) is 0 Å². The fourth-order valence-corrected chi connectivity index (χ4v) is 2.73. The van der Waals surface area contributed by atoms with E-state index in [2.05, 4.69) is 15.5 Å². The molecule has 2 rings (SSSR count). The van der Waals surface area contributed by atoms with Gasteiger partial charge in [0, 0.05) is 18.6 Å². The number of aryl methyl sites for hydroxylation is 1. The van der Waals surface area contributed by atoms with Crippen molar-refractivity contribution < 1.29 is 19.6 Å². The van der Waals surface area contributed by atoms with Crippen molar-refractivity contribution in [3.8, 4) is 11.5 Å². The van der Waals surface area contributed by atoms with Gasteiger partial charge in [-0.05, 0) is 13.0 Å². The van der Waals surface area contributed by atoms with Gasteiger partial charge in [-0.25, -0.2) is 4.98 Å². The van der Waals surface area contributed by atoms with E-state index in [1.165, 1.54) is 26.3 Å². The molecule has 0 radical (unpaired) electrons. The molecule has 126 valence electrons. The number of nitrogens with one attached hydrogen (secondary N) is 1. The van der Waals surface area contributed by atoms with Crippen LogP contribution in [0.5, 0.6) is 11.5 Å². The van der Waals surface area contributed by atoms with Crippen molar-refractivity contribution in [2.24, 2.45) is 5.10 Å². The molecule has 0 saturated carbocycles. The number of thiazole rings is 1. The normalized spacial score (nSPS) is 10.8. The molecule has 1 heterocycles. The number of benzene rings is 1. The van der Waals surface area contributed by atoms with Crippen LogP contribution in [0.25, 0.3) is 0 Å². The second-order valence-corrected chi connectivity index (χ2v) is 5.71. The van der Waals surface area contributed by atoms with Crippen LogP contribution in [0.1, 0.15) is 27.9 Å². The molecule has 0 unspecified atom stereocenters. The number of aromatic hydroxyl groups is 1. The number of Topliss-reactive ketones (excluding diaryl/α,β-unsaturated/α-hetero) is 1. The summed E-state index contributed by atoms with van der Waals surface area (Å²) in [5.74, 6) is -0.662. The van der Waals surface area contributed by atoms with E-state index in [4.69, 9.17) is 4.74 Å². The van der Waals surface area contributed by atoms with E-state index in [1.807, 2.05) is 0 Å². The number of aromatic nitrogens is 1. The van der Waals surface area contributed by atoms with Crippen LogP contribution < -0.4 is 10.2 Å². The summed E-state index contributed by atoms with van der Waals surface area (Å²) < 4.78 is 4.90. The van der Waals surface area contributed by atoms with Gasteiger partial charge in [-0.3, -0.25) is 20.3 Å². The highest BCUT2D eigenvalue weighted by Crippen LogP contribution is 2.36. The number of hydrogen-bond donors (Lipinski definition) is 2. The summed E-state index contributed by atoms with van der Waals surface area (Å²) in [6, 6.07) is 2.57. The maximum atomic E-state index is 11.4. The Labute approximate surface area is 140 Å². The van der Waals surface area contributed by atoms with Crippen LogP contribution in [0, 0.1) is 17.0 Å². The molecule has 0 atom stereocenters. The first-order valence-electron chi connectivity index (χ1n) is 6.66. The minimum atomic E-state index is -0.716. The largest absolute Gasteiger partial charge is 0.500 e. The van der Waals surface area contributed by atoms with Crippen LogP contribution in [0.4, 0.5) is 10.8 Å². The molecular formula is C14H14N4O5S. The Bertz CT molecular complexity index is 831. The molecule has 1 aromatic carbocycles. The van der Waals surface area contributed by atoms with E-state index >= 15 is 0 Å². The molecule has 0 spiro atoms. The van der Waals surface area contributed by atoms with Crippen molar-refractivity contribution in [1.82, 2.24) is 4.98 Å². The first-order valence-corrected chi connectivity index (χ1v) is 7.48. The smallest absolute Gasteiger partial charge is 0.315 e. The first kappa shape index (κ1) is 17.3. The summed E-state index contributed by atoms with van der Waals surface area (Å²) in [4.78, 5) is 26.3. The maximum Gasteiger partial charge on any atom is 0.315 e. The molecule has 0 aliphatic carbocycles. The number of carbonyl (C=O) groups is 1. The van der Waals surface area contributed by atoms with Gasteiger partial charge in [-0.2, -0.15) is 5.10 Å². The summed E-state index contributed by atoms with van der Waals surface area (Å²) in [5.41, 5.74) is 3.13. The van der Waals surface area contributed by atoms with Crippen LogP contribution in [0.3, 0.4) is 0 Å². The van der Waals surface area contributed by atoms with Crippen molar-refractivity contribution in [2.45, 2.75) is 13.8 Å². The monoisotopic (exact) mass is 350 g/mol. The van der Waals surface area contributed by atoms with E-state index in [1.54, 1.807) is 6.92 Å². The number of carbonyl (C=O) groups excluding carboxylic acids is 1. The van der Waals surface area contributed by atoms with Gasteiger partial charge < -0.3 is 9.84 Å². The highest BCUT2D eigenvalue weighted by Gasteiger charge is 2.19. The Morgan fingerprint density at radius 3 is 2.79 bits per heavy atom. The van der Waals surface area contributed by atoms with Crippen molar-refractivity contribution in [2.75, 3.05) is 12.5 Å². The Balaban J connectivity index is 2.23. The van der Waals surface area contributed by atoms with Crippen LogP contribution >= 0.6 is 11.3 Å². The molecule has 0 fully saturated rings. The molecule has 0 bridgehead atoms. The number of nitro groups is 1. The highest BCUT2D eigenvalue weighted by molar-refractivity contribution is 7.17. The predicted molar refractivity (Wildman–Crippen MR) is 89.4 cm³/mol. The predicted octanol–water partition coefficient (Wildman–Crippen LogP) is 2.72. The van der Waals surface area contributed by atoms with Crippen LogP contribution in [0.2, 0.25) is 0 Å². The quantitative estimate of drug-likeness (QED) is 0.355. The third-order valence-corrected chi connectivity index (χ3v) is 4.15. The number of hydrazone groups is 1. The molecule has 9 nitrogen and oxygen atoms in total. The number of ketones is 1. The zero-order chi connectivity index (χ0) is 17.9. The van der Waals surface area contributed by atoms with Gasteiger partial charge in [0.1, 0.15) is 0 Å². The van der Waals surface area contributed by atoms with Gasteiger partial charge in [0.2, 0.25) is 10.9 Å². The van der Waals surface area contributed by atoms with E-state index < -0.39 is 16.4 Å². The van der Waals surface area contributed by atoms with Crippen LogP contribution in [-0.2, 0) is 0 Å². The van der Waals surface area contributed by atoms with Gasteiger partial charge in [0.25, 0.3) is 0 Å². The van der Waals surface area contributed by atoms with E-state index in [0.717, 1.165) is 17.4 Å². The molecule has 2 aromatic rings. The average molecular weight is 350 g/mol. The lowest BCUT2D eigenvalue weighted by atomic mass is 10.2. The Hall–Kier alpha value is -3.01. The van der Waals surface area contributed by atoms with Gasteiger partial charge in [0.05, 0.1) is 28.8 Å². The molecule has 24 heavy (non-hydrogen) atoms. The Kier molecular flexibility index (Phi) is 5.09. The second kappa shape index (κ2) is 7.04. The molecular weight excluding hydrogens is 336 g/mol. The summed E-state index contributed by atoms with van der Waals surface area (Å²) in [5, 5.41) is 25.0. The number of phenols is 1. The van der Waals surface area contributed by atoms with Crippen LogP contribution in [-0.4, -0.2) is 34.1 Å². The minimum absolute atomic E-state index is 0.0328. The molecule has 0 saturated heterocycles. The van der Waals surface area contributed by atoms with E-state index in [-0.39, 0.29) is 11.5 Å². The van der Waals surface area contributed by atoms with E-state index in [0.29, 0.717) is 21.3 Å². The second-order valence-electron chi connectivity index (χ2n) is 4.71. The standard InChI is InChI=1S/C14H14N4O5S/c1-7-13(8(2)19)24-14(16-7)17-15-6-9-4-10(18(21)22)12(20)11(5-9)23-3/h4-6,20H,1-3H3,(H,16,17)/b15-6+. The summed E-state index contributed by atoms with van der Waals surface area (Å²) in [7, 11) is 1.29. The zero-order valence-corrected chi connectivity index (χ0v) is 13.9. The zero-order valence-electron chi connectivity index (χ0n) is 13.1. The average Bonchev–Trinajstić information content (AvgIpc) is 2.89. The molecule has 2 N–H and O–H groups in total. The number of nitrogens with zero attached hydrogens (tertiary/aromatic N) is 3. The number of hydrogen-bond acceptors (Lipinski definition) is 9. The minimum Gasteiger partial charge on any atom is -0.500 e. The van der Waals surface area contributed by atoms with Crippen molar-refractivity contribution >= 4 is 34.2 Å².